The van der Waals surface area contributed by atoms with Crippen LogP contribution in [0.25, 0.3) is 0 Å². The third kappa shape index (κ3) is 5.12. The van der Waals surface area contributed by atoms with Crippen LogP contribution in [0.5, 0.6) is 0 Å². The number of nitrogens with one attached hydrogen (secondary N) is 1. The second-order valence-electron chi connectivity index (χ2n) is 6.94. The predicted molar refractivity (Wildman–Crippen MR) is 98.3 cm³/mol. The number of sulfone groups is 1. The van der Waals surface area contributed by atoms with E-state index < -0.39 is 26.4 Å². The van der Waals surface area contributed by atoms with Crippen molar-refractivity contribution in [2.24, 2.45) is 11.1 Å². The first-order valence-corrected chi connectivity index (χ1v) is 9.47. The molecule has 1 aliphatic heterocycles. The number of nitrogens with two attached hydrogens (primary N) is 1. The molecule has 148 valence electrons. The molecule has 1 unspecified atom stereocenters. The molecular weight excluding hydrogens is 388 g/mol. The summed E-state index contributed by atoms with van der Waals surface area (Å²) in [6.45, 7) is 5.35. The molecule has 0 spiro atoms. The molecule has 1 fully saturated rings. The Balaban J connectivity index is 0.00000338. The first-order valence-electron chi connectivity index (χ1n) is 7.93. The number of rotatable bonds is 5. The number of amides is 1. The molecule has 1 aromatic rings. The summed E-state index contributed by atoms with van der Waals surface area (Å²) in [6.07, 6.45) is 0.747. The van der Waals surface area contributed by atoms with E-state index in [0.717, 1.165) is 12.5 Å². The molecular formula is C16H24ClF2N3O3S. The van der Waals surface area contributed by atoms with Crippen LogP contribution in [0.2, 0.25) is 0 Å². The van der Waals surface area contributed by atoms with Gasteiger partial charge in [-0.1, -0.05) is 26.0 Å². The highest BCUT2D eigenvalue weighted by atomic mass is 35.5. The molecule has 1 heterocycles. The monoisotopic (exact) mass is 411 g/mol. The number of anilines is 1. The van der Waals surface area contributed by atoms with Gasteiger partial charge in [0.1, 0.15) is 0 Å². The standard InChI is InChI=1S/C16H23F2N3O3S.ClH/c1-16(2)10-21(8-7-13(16)19)9-14(22)20-11-5-3-4-6-12(11)25(23,24)15(17)18;/h3-6,13,15H,7-10,19H2,1-2H3,(H,20,22);1H. The summed E-state index contributed by atoms with van der Waals surface area (Å²) in [5.74, 6) is -4.00. The maximum atomic E-state index is 12.8. The van der Waals surface area contributed by atoms with Crippen molar-refractivity contribution >= 4 is 33.8 Å². The average Bonchev–Trinajstić information content (AvgIpc) is 2.50. The second-order valence-corrected chi connectivity index (χ2v) is 8.83. The van der Waals surface area contributed by atoms with Crippen LogP contribution in [0.4, 0.5) is 14.5 Å². The summed E-state index contributed by atoms with van der Waals surface area (Å²) in [5, 5.41) is 2.43. The Labute approximate surface area is 158 Å². The maximum absolute atomic E-state index is 12.8. The van der Waals surface area contributed by atoms with Crippen molar-refractivity contribution in [3.8, 4) is 0 Å². The van der Waals surface area contributed by atoms with Gasteiger partial charge in [0.2, 0.25) is 15.7 Å². The molecule has 1 aliphatic rings. The van der Waals surface area contributed by atoms with Crippen molar-refractivity contribution in [1.29, 1.82) is 0 Å². The van der Waals surface area contributed by atoms with Gasteiger partial charge in [-0.05, 0) is 24.0 Å². The van der Waals surface area contributed by atoms with E-state index in [-0.39, 0.29) is 36.1 Å². The molecule has 0 radical (unpaired) electrons. The number of nitrogens with zero attached hydrogens (tertiary/aromatic N) is 1. The van der Waals surface area contributed by atoms with E-state index in [1.165, 1.54) is 18.2 Å². The number of likely N-dealkylation sites (tertiary alicyclic amines) is 1. The highest BCUT2D eigenvalue weighted by Gasteiger charge is 2.34. The number of alkyl halides is 2. The van der Waals surface area contributed by atoms with E-state index in [2.05, 4.69) is 5.32 Å². The fraction of sp³-hybridized carbons (Fsp3) is 0.562. The third-order valence-corrected chi connectivity index (χ3v) is 5.90. The Morgan fingerprint density at radius 3 is 2.58 bits per heavy atom. The zero-order valence-electron chi connectivity index (χ0n) is 14.6. The van der Waals surface area contributed by atoms with Crippen molar-refractivity contribution in [2.45, 2.75) is 37.0 Å². The molecule has 6 nitrogen and oxygen atoms in total. The highest BCUT2D eigenvalue weighted by molar-refractivity contribution is 7.91. The minimum absolute atomic E-state index is 0. The fourth-order valence-electron chi connectivity index (χ4n) is 2.93. The van der Waals surface area contributed by atoms with Gasteiger partial charge in [-0.3, -0.25) is 9.69 Å². The molecule has 1 atom stereocenters. The quantitative estimate of drug-likeness (QED) is 0.774. The van der Waals surface area contributed by atoms with Crippen molar-refractivity contribution < 1.29 is 22.0 Å². The van der Waals surface area contributed by atoms with E-state index in [4.69, 9.17) is 5.73 Å². The average molecular weight is 412 g/mol. The molecule has 1 saturated heterocycles. The van der Waals surface area contributed by atoms with Crippen molar-refractivity contribution in [2.75, 3.05) is 25.0 Å². The number of carbonyl (C=O) groups excluding carboxylic acids is 1. The number of hydrogen-bond acceptors (Lipinski definition) is 5. The van der Waals surface area contributed by atoms with Crippen LogP contribution < -0.4 is 11.1 Å². The van der Waals surface area contributed by atoms with Gasteiger partial charge in [0.25, 0.3) is 0 Å². The molecule has 1 amide bonds. The molecule has 26 heavy (non-hydrogen) atoms. The summed E-state index contributed by atoms with van der Waals surface area (Å²) < 4.78 is 49.0. The van der Waals surface area contributed by atoms with E-state index in [1.54, 1.807) is 0 Å². The number of benzene rings is 1. The predicted octanol–water partition coefficient (Wildman–Crippen LogP) is 2.10. The number of para-hydroxylation sites is 1. The molecule has 2 rings (SSSR count). The van der Waals surface area contributed by atoms with Gasteiger partial charge >= 0.3 is 5.76 Å². The first kappa shape index (κ1) is 22.8. The van der Waals surface area contributed by atoms with Crippen molar-refractivity contribution in [3.63, 3.8) is 0 Å². The normalized spacial score (nSPS) is 20.5. The lowest BCUT2D eigenvalue weighted by Crippen LogP contribution is -2.53. The van der Waals surface area contributed by atoms with Gasteiger partial charge in [-0.25, -0.2) is 8.42 Å². The fourth-order valence-corrected chi connectivity index (χ4v) is 3.81. The first-order chi connectivity index (χ1) is 11.5. The maximum Gasteiger partial charge on any atom is 0.341 e. The molecule has 0 bridgehead atoms. The molecule has 0 aromatic heterocycles. The van der Waals surface area contributed by atoms with Gasteiger partial charge < -0.3 is 11.1 Å². The van der Waals surface area contributed by atoms with Crippen LogP contribution >= 0.6 is 12.4 Å². The van der Waals surface area contributed by atoms with Crippen LogP contribution in [0.15, 0.2) is 29.2 Å². The Kier molecular flexibility index (Phi) is 7.52. The lowest BCUT2D eigenvalue weighted by Gasteiger charge is -2.42. The van der Waals surface area contributed by atoms with Crippen LogP contribution in [-0.4, -0.2) is 50.7 Å². The lowest BCUT2D eigenvalue weighted by atomic mass is 9.80. The summed E-state index contributed by atoms with van der Waals surface area (Å²) in [4.78, 5) is 13.6. The van der Waals surface area contributed by atoms with Gasteiger partial charge in [-0.2, -0.15) is 8.78 Å². The van der Waals surface area contributed by atoms with E-state index in [0.29, 0.717) is 13.1 Å². The molecule has 10 heteroatoms. The van der Waals surface area contributed by atoms with E-state index in [9.17, 15) is 22.0 Å². The Bertz CT molecular complexity index is 744. The summed E-state index contributed by atoms with van der Waals surface area (Å²) in [7, 11) is -4.79. The summed E-state index contributed by atoms with van der Waals surface area (Å²) >= 11 is 0. The summed E-state index contributed by atoms with van der Waals surface area (Å²) in [5.41, 5.74) is 5.78. The summed E-state index contributed by atoms with van der Waals surface area (Å²) in [6, 6.07) is 5.20. The second kappa shape index (κ2) is 8.60. The molecule has 3 N–H and O–H groups in total. The Morgan fingerprint density at radius 2 is 2.00 bits per heavy atom. The zero-order chi connectivity index (χ0) is 18.8. The van der Waals surface area contributed by atoms with E-state index in [1.807, 2.05) is 18.7 Å². The minimum atomic E-state index is -4.79. The Hall–Kier alpha value is -1.29. The van der Waals surface area contributed by atoms with Gasteiger partial charge in [0.05, 0.1) is 17.1 Å². The molecule has 1 aromatic carbocycles. The smallest absolute Gasteiger partial charge is 0.327 e. The van der Waals surface area contributed by atoms with Gasteiger partial charge in [0.15, 0.2) is 0 Å². The number of carbonyl (C=O) groups is 1. The number of hydrogen-bond donors (Lipinski definition) is 2. The van der Waals surface area contributed by atoms with Crippen LogP contribution in [0.3, 0.4) is 0 Å². The zero-order valence-corrected chi connectivity index (χ0v) is 16.2. The highest BCUT2D eigenvalue weighted by Crippen LogP contribution is 2.28. The van der Waals surface area contributed by atoms with Crippen LogP contribution in [0, 0.1) is 5.41 Å². The largest absolute Gasteiger partial charge is 0.341 e. The molecule has 0 saturated carbocycles. The van der Waals surface area contributed by atoms with Crippen LogP contribution in [0.1, 0.15) is 20.3 Å². The number of halogens is 3. The lowest BCUT2D eigenvalue weighted by molar-refractivity contribution is -0.118. The van der Waals surface area contributed by atoms with Crippen molar-refractivity contribution in [3.05, 3.63) is 24.3 Å². The topological polar surface area (TPSA) is 92.5 Å². The minimum Gasteiger partial charge on any atom is -0.327 e. The van der Waals surface area contributed by atoms with Crippen LogP contribution in [-0.2, 0) is 14.6 Å². The van der Waals surface area contributed by atoms with Gasteiger partial charge in [-0.15, -0.1) is 12.4 Å². The Morgan fingerprint density at radius 1 is 1.38 bits per heavy atom. The van der Waals surface area contributed by atoms with Gasteiger partial charge in [0, 0.05) is 19.1 Å². The molecule has 0 aliphatic carbocycles. The van der Waals surface area contributed by atoms with E-state index >= 15 is 0 Å². The number of piperidine rings is 1. The SMILES string of the molecule is CC1(C)CN(CC(=O)Nc2ccccc2S(=O)(=O)C(F)F)CCC1N.Cl. The third-order valence-electron chi connectivity index (χ3n) is 4.46. The van der Waals surface area contributed by atoms with Crippen molar-refractivity contribution in [1.82, 2.24) is 4.90 Å².